The minimum atomic E-state index is -1.58. The minimum Gasteiger partial charge on any atom is -0.461 e. The molecule has 4 aliphatic rings. The Morgan fingerprint density at radius 1 is 0.828 bits per heavy atom. The van der Waals surface area contributed by atoms with Crippen molar-refractivity contribution in [1.82, 2.24) is 16.0 Å². The second kappa shape index (κ2) is 21.6. The summed E-state index contributed by atoms with van der Waals surface area (Å²) in [6.07, 6.45) is -1.16. The molecule has 3 aromatic carbocycles. The number of primary amides is 1. The van der Waals surface area contributed by atoms with Crippen LogP contribution in [-0.2, 0) is 80.7 Å². The van der Waals surface area contributed by atoms with Crippen molar-refractivity contribution in [2.24, 2.45) is 5.73 Å². The van der Waals surface area contributed by atoms with Gasteiger partial charge in [0.2, 0.25) is 17.7 Å². The molecule has 5 N–H and O–H groups in total. The van der Waals surface area contributed by atoms with Crippen molar-refractivity contribution in [3.05, 3.63) is 108 Å². The van der Waals surface area contributed by atoms with Crippen molar-refractivity contribution in [2.45, 2.75) is 126 Å². The van der Waals surface area contributed by atoms with Gasteiger partial charge < -0.3 is 59.6 Å². The number of nitrogens with two attached hydrogens (primary N) is 1. The Labute approximate surface area is 372 Å². The molecule has 10 atom stereocenters. The Balaban J connectivity index is 0.998. The zero-order chi connectivity index (χ0) is 45.1. The van der Waals surface area contributed by atoms with Gasteiger partial charge in [0.25, 0.3) is 5.91 Å². The molecule has 0 unspecified atom stereocenters. The van der Waals surface area contributed by atoms with Gasteiger partial charge in [0.1, 0.15) is 56.0 Å². The average Bonchev–Trinajstić information content (AvgIpc) is 3.71. The van der Waals surface area contributed by atoms with Crippen LogP contribution < -0.4 is 21.7 Å². The van der Waals surface area contributed by atoms with E-state index >= 15 is 0 Å². The van der Waals surface area contributed by atoms with Gasteiger partial charge in [-0.05, 0) is 49.8 Å². The Bertz CT molecular complexity index is 2050. The number of fused-ring (bicyclic) bond motifs is 1. The van der Waals surface area contributed by atoms with E-state index in [1.807, 2.05) is 91.0 Å². The Kier molecular flexibility index (Phi) is 15.8. The van der Waals surface area contributed by atoms with Gasteiger partial charge in [0.15, 0.2) is 11.4 Å². The lowest BCUT2D eigenvalue weighted by atomic mass is 9.89. The van der Waals surface area contributed by atoms with Gasteiger partial charge in [-0.2, -0.15) is 0 Å². The van der Waals surface area contributed by atoms with Gasteiger partial charge in [0.05, 0.1) is 32.5 Å². The van der Waals surface area contributed by atoms with Crippen molar-refractivity contribution >= 4 is 29.6 Å². The van der Waals surface area contributed by atoms with Crippen LogP contribution in [0.1, 0.15) is 69.1 Å². The van der Waals surface area contributed by atoms with Gasteiger partial charge in [-0.3, -0.25) is 24.0 Å². The third kappa shape index (κ3) is 11.3. The molecule has 1 aliphatic carbocycles. The summed E-state index contributed by atoms with van der Waals surface area (Å²) in [5.74, 6) is -4.47. The van der Waals surface area contributed by atoms with Gasteiger partial charge in [-0.25, -0.2) is 0 Å². The van der Waals surface area contributed by atoms with Crippen LogP contribution >= 0.6 is 0 Å². The van der Waals surface area contributed by atoms with Crippen LogP contribution in [0.2, 0.25) is 0 Å². The lowest BCUT2D eigenvalue weighted by Gasteiger charge is -2.45. The molecule has 0 bridgehead atoms. The summed E-state index contributed by atoms with van der Waals surface area (Å²) in [7, 11) is 0. The van der Waals surface area contributed by atoms with Gasteiger partial charge in [-0.15, -0.1) is 0 Å². The van der Waals surface area contributed by atoms with E-state index in [0.29, 0.717) is 25.0 Å². The SMILES string of the molecule is C[C@H](NC(=O)[C@@H](C)O[C@@H]1[C@@H]2OCOC[C@@H]2OC[C@@H]1NC(=O)[C@]1(c2ccccc2)CO[C@@]2(CCCC[C@@H]2OCc2ccccc2)O1)C(=O)N[C@H](CCC(=O)OCc1ccccc1)C(N)=O. The van der Waals surface area contributed by atoms with Crippen LogP contribution in [0.4, 0.5) is 0 Å². The molecule has 3 heterocycles. The number of nitrogens with one attached hydrogen (secondary N) is 3. The van der Waals surface area contributed by atoms with Crippen LogP contribution in [-0.4, -0.2) is 111 Å². The first-order chi connectivity index (χ1) is 31.0. The molecule has 3 aromatic rings. The van der Waals surface area contributed by atoms with E-state index in [1.54, 1.807) is 0 Å². The number of rotatable bonds is 18. The average molecular weight is 887 g/mol. The molecule has 0 radical (unpaired) electrons. The van der Waals surface area contributed by atoms with E-state index in [-0.39, 0.29) is 46.1 Å². The molecule has 64 heavy (non-hydrogen) atoms. The van der Waals surface area contributed by atoms with Crippen molar-refractivity contribution < 1.29 is 61.9 Å². The fourth-order valence-electron chi connectivity index (χ4n) is 8.44. The largest absolute Gasteiger partial charge is 0.461 e. The minimum absolute atomic E-state index is 0.00851. The number of carbonyl (C=O) groups excluding carboxylic acids is 5. The smallest absolute Gasteiger partial charge is 0.306 e. The van der Waals surface area contributed by atoms with Crippen LogP contribution in [0.15, 0.2) is 91.0 Å². The molecule has 1 saturated carbocycles. The van der Waals surface area contributed by atoms with Crippen LogP contribution in [0.25, 0.3) is 0 Å². The molecule has 7 rings (SSSR count). The molecule has 4 amide bonds. The number of ether oxygens (including phenoxy) is 8. The molecule has 17 heteroatoms. The quantitative estimate of drug-likeness (QED) is 0.135. The number of hydrogen-bond donors (Lipinski definition) is 4. The summed E-state index contributed by atoms with van der Waals surface area (Å²) in [4.78, 5) is 66.4. The first kappa shape index (κ1) is 46.7. The highest BCUT2D eigenvalue weighted by atomic mass is 16.8. The zero-order valence-electron chi connectivity index (χ0n) is 36.1. The highest BCUT2D eigenvalue weighted by Crippen LogP contribution is 2.48. The Hall–Kier alpha value is -5.27. The summed E-state index contributed by atoms with van der Waals surface area (Å²) in [6.45, 7) is 3.40. The molecule has 3 saturated heterocycles. The maximum Gasteiger partial charge on any atom is 0.306 e. The fraction of sp³-hybridized carbons (Fsp3) is 0.511. The highest BCUT2D eigenvalue weighted by molar-refractivity contribution is 5.92. The first-order valence-electron chi connectivity index (χ1n) is 21.9. The van der Waals surface area contributed by atoms with Crippen molar-refractivity contribution in [1.29, 1.82) is 0 Å². The topological polar surface area (TPSA) is 221 Å². The standard InChI is InChI=1S/C47H58N4O13/c1-30(43(54)50-35(42(48)53)21-22-39(52)60-25-33-16-8-4-9-17-33)49-44(55)31(2)63-40-36(26-58-37-27-57-29-61-41(37)40)51-45(56)46(34-18-10-5-11-19-34)28-62-47(64-46)23-13-12-20-38(47)59-24-32-14-6-3-7-15-32/h3-11,14-19,30-31,35-38,40-41H,12-13,20-29H2,1-2H3,(H2,48,53)(H,49,55)(H,50,54)(H,51,56)/t30-,31+,35+,36-,37-,38-,40-,41+,46+,47-/m0/s1. The van der Waals surface area contributed by atoms with E-state index < -0.39 is 89.6 Å². The lowest BCUT2D eigenvalue weighted by Crippen LogP contribution is -2.66. The highest BCUT2D eigenvalue weighted by Gasteiger charge is 2.61. The maximum atomic E-state index is 14.9. The number of benzene rings is 3. The monoisotopic (exact) mass is 886 g/mol. The molecular weight excluding hydrogens is 829 g/mol. The number of amides is 4. The van der Waals surface area contributed by atoms with Crippen LogP contribution in [0.3, 0.4) is 0 Å². The predicted octanol–water partition coefficient (Wildman–Crippen LogP) is 2.81. The zero-order valence-corrected chi connectivity index (χ0v) is 36.1. The normalized spacial score (nSPS) is 27.9. The number of hydrogen-bond acceptors (Lipinski definition) is 13. The second-order valence-corrected chi connectivity index (χ2v) is 16.6. The van der Waals surface area contributed by atoms with Crippen molar-refractivity contribution in [3.63, 3.8) is 0 Å². The van der Waals surface area contributed by atoms with Gasteiger partial charge >= 0.3 is 5.97 Å². The lowest BCUT2D eigenvalue weighted by molar-refractivity contribution is -0.273. The first-order valence-corrected chi connectivity index (χ1v) is 21.9. The van der Waals surface area contributed by atoms with E-state index in [4.69, 9.17) is 43.6 Å². The van der Waals surface area contributed by atoms with E-state index in [2.05, 4.69) is 16.0 Å². The Morgan fingerprint density at radius 2 is 1.52 bits per heavy atom. The summed E-state index contributed by atoms with van der Waals surface area (Å²) < 4.78 is 49.3. The molecule has 4 fully saturated rings. The molecule has 1 spiro atoms. The molecule has 344 valence electrons. The van der Waals surface area contributed by atoms with E-state index in [1.165, 1.54) is 13.8 Å². The summed E-state index contributed by atoms with van der Waals surface area (Å²) in [6, 6.07) is 24.9. The van der Waals surface area contributed by atoms with E-state index in [0.717, 1.165) is 24.0 Å². The fourth-order valence-corrected chi connectivity index (χ4v) is 8.44. The summed E-state index contributed by atoms with van der Waals surface area (Å²) in [5, 5.41) is 8.26. The van der Waals surface area contributed by atoms with Gasteiger partial charge in [0, 0.05) is 12.8 Å². The second-order valence-electron chi connectivity index (χ2n) is 16.6. The van der Waals surface area contributed by atoms with E-state index in [9.17, 15) is 24.0 Å². The molecule has 3 aliphatic heterocycles. The third-order valence-electron chi connectivity index (χ3n) is 12.0. The Morgan fingerprint density at radius 3 is 2.22 bits per heavy atom. The predicted molar refractivity (Wildman–Crippen MR) is 227 cm³/mol. The number of carbonyl (C=O) groups is 5. The van der Waals surface area contributed by atoms with Crippen LogP contribution in [0, 0.1) is 0 Å². The molecule has 0 aromatic heterocycles. The third-order valence-corrected chi connectivity index (χ3v) is 12.0. The van der Waals surface area contributed by atoms with Crippen LogP contribution in [0.5, 0.6) is 0 Å². The number of esters is 1. The summed E-state index contributed by atoms with van der Waals surface area (Å²) in [5.41, 5.74) is 6.37. The molecule has 17 nitrogen and oxygen atoms in total. The maximum absolute atomic E-state index is 14.9. The summed E-state index contributed by atoms with van der Waals surface area (Å²) >= 11 is 0. The van der Waals surface area contributed by atoms with Crippen molar-refractivity contribution in [3.8, 4) is 0 Å². The van der Waals surface area contributed by atoms with Crippen molar-refractivity contribution in [2.75, 3.05) is 26.6 Å². The van der Waals surface area contributed by atoms with Gasteiger partial charge in [-0.1, -0.05) is 97.4 Å². The molecular formula is C47H58N4O13.